The molecule has 1 aliphatic heterocycles. The molecule has 1 aliphatic rings. The highest BCUT2D eigenvalue weighted by atomic mass is 35.5. The van der Waals surface area contributed by atoms with Crippen molar-refractivity contribution in [3.63, 3.8) is 0 Å². The minimum absolute atomic E-state index is 0.304. The van der Waals surface area contributed by atoms with Gasteiger partial charge >= 0.3 is 0 Å². The van der Waals surface area contributed by atoms with Crippen molar-refractivity contribution in [2.45, 2.75) is 19.7 Å². The van der Waals surface area contributed by atoms with Crippen molar-refractivity contribution in [2.24, 2.45) is 0 Å². The topological polar surface area (TPSA) is 39.7 Å². The Bertz CT molecular complexity index is 912. The molecule has 0 aromatic heterocycles. The number of halogens is 1. The highest BCUT2D eigenvalue weighted by Gasteiger charge is 2.12. The zero-order valence-electron chi connectivity index (χ0n) is 14.8. The van der Waals surface area contributed by atoms with Gasteiger partial charge in [0.2, 0.25) is 6.79 Å². The Morgan fingerprint density at radius 1 is 0.815 bits per heavy atom. The van der Waals surface area contributed by atoms with E-state index in [0.717, 1.165) is 40.9 Å². The van der Waals surface area contributed by atoms with Gasteiger partial charge in [-0.25, -0.2) is 0 Å². The first kappa shape index (κ1) is 17.7. The molecule has 27 heavy (non-hydrogen) atoms. The first-order valence-corrected chi connectivity index (χ1v) is 9.19. The molecule has 0 spiro atoms. The molecule has 4 nitrogen and oxygen atoms in total. The third-order valence-corrected chi connectivity index (χ3v) is 4.55. The molecule has 4 rings (SSSR count). The second-order valence-corrected chi connectivity index (χ2v) is 6.79. The maximum absolute atomic E-state index is 5.99. The van der Waals surface area contributed by atoms with E-state index in [9.17, 15) is 0 Å². The van der Waals surface area contributed by atoms with Crippen LogP contribution in [0.1, 0.15) is 16.7 Å². The van der Waals surface area contributed by atoms with Gasteiger partial charge in [0.1, 0.15) is 12.4 Å². The first-order chi connectivity index (χ1) is 13.3. The van der Waals surface area contributed by atoms with Crippen LogP contribution < -0.4 is 19.5 Å². The van der Waals surface area contributed by atoms with Crippen LogP contribution in [0.25, 0.3) is 0 Å². The summed E-state index contributed by atoms with van der Waals surface area (Å²) in [6.07, 6.45) is 0. The molecule has 0 saturated heterocycles. The van der Waals surface area contributed by atoms with Crippen LogP contribution >= 0.6 is 11.6 Å². The lowest BCUT2D eigenvalue weighted by atomic mass is 10.2. The molecule has 0 aliphatic carbocycles. The minimum Gasteiger partial charge on any atom is -0.489 e. The summed E-state index contributed by atoms with van der Waals surface area (Å²) in [5, 5.41) is 4.16. The maximum atomic E-state index is 5.99. The van der Waals surface area contributed by atoms with Crippen molar-refractivity contribution in [3.05, 3.63) is 88.4 Å². The highest BCUT2D eigenvalue weighted by Crippen LogP contribution is 2.32. The Kier molecular flexibility index (Phi) is 5.47. The molecule has 0 atom stereocenters. The Labute approximate surface area is 163 Å². The summed E-state index contributed by atoms with van der Waals surface area (Å²) < 4.78 is 16.6. The fraction of sp³-hybridized carbons (Fsp3) is 0.182. The molecule has 0 amide bonds. The fourth-order valence-electron chi connectivity index (χ4n) is 2.90. The molecular weight excluding hydrogens is 362 g/mol. The number of fused-ring (bicyclic) bond motifs is 1. The fourth-order valence-corrected chi connectivity index (χ4v) is 3.11. The minimum atomic E-state index is 0.304. The van der Waals surface area contributed by atoms with Crippen LogP contribution in [-0.4, -0.2) is 6.79 Å². The molecule has 0 bridgehead atoms. The van der Waals surface area contributed by atoms with E-state index in [1.165, 1.54) is 11.1 Å². The normalized spacial score (nSPS) is 12.2. The van der Waals surface area contributed by atoms with Gasteiger partial charge in [-0.05, 0) is 53.1 Å². The van der Waals surface area contributed by atoms with Crippen LogP contribution in [0.15, 0.2) is 66.7 Å². The molecule has 1 N–H and O–H groups in total. The summed E-state index contributed by atoms with van der Waals surface area (Å²) in [5.41, 5.74) is 3.42. The number of ether oxygens (including phenoxy) is 3. The first-order valence-electron chi connectivity index (χ1n) is 8.82. The van der Waals surface area contributed by atoms with Gasteiger partial charge in [-0.3, -0.25) is 0 Å². The van der Waals surface area contributed by atoms with Crippen LogP contribution in [-0.2, 0) is 19.7 Å². The molecule has 0 fully saturated rings. The SMILES string of the molecule is Clc1cccc(COc2ccc(CNCc3ccc4c(c3)OCO4)cc2)c1. The molecule has 0 unspecified atom stereocenters. The van der Waals surface area contributed by atoms with Crippen molar-refractivity contribution in [1.29, 1.82) is 0 Å². The predicted molar refractivity (Wildman–Crippen MR) is 105 cm³/mol. The lowest BCUT2D eigenvalue weighted by molar-refractivity contribution is 0.174. The van der Waals surface area contributed by atoms with E-state index in [0.29, 0.717) is 13.4 Å². The van der Waals surface area contributed by atoms with Gasteiger partial charge in [0.15, 0.2) is 11.5 Å². The molecule has 0 saturated carbocycles. The van der Waals surface area contributed by atoms with Gasteiger partial charge < -0.3 is 19.5 Å². The van der Waals surface area contributed by atoms with Crippen LogP contribution in [0, 0.1) is 0 Å². The van der Waals surface area contributed by atoms with Crippen molar-refractivity contribution in [1.82, 2.24) is 5.32 Å². The van der Waals surface area contributed by atoms with Crippen molar-refractivity contribution in [3.8, 4) is 17.2 Å². The molecule has 5 heteroatoms. The van der Waals surface area contributed by atoms with E-state index < -0.39 is 0 Å². The predicted octanol–water partition coefficient (Wildman–Crippen LogP) is 4.94. The number of hydrogen-bond acceptors (Lipinski definition) is 4. The van der Waals surface area contributed by atoms with Crippen LogP contribution in [0.5, 0.6) is 17.2 Å². The third kappa shape index (κ3) is 4.73. The maximum Gasteiger partial charge on any atom is 0.231 e. The van der Waals surface area contributed by atoms with Gasteiger partial charge in [-0.1, -0.05) is 41.9 Å². The summed E-state index contributed by atoms with van der Waals surface area (Å²) in [6.45, 7) is 2.35. The monoisotopic (exact) mass is 381 g/mol. The van der Waals surface area contributed by atoms with Gasteiger partial charge in [0.25, 0.3) is 0 Å². The zero-order valence-corrected chi connectivity index (χ0v) is 15.5. The summed E-state index contributed by atoms with van der Waals surface area (Å²) >= 11 is 5.99. The van der Waals surface area contributed by atoms with Gasteiger partial charge in [-0.15, -0.1) is 0 Å². The largest absolute Gasteiger partial charge is 0.489 e. The molecule has 3 aromatic carbocycles. The van der Waals surface area contributed by atoms with Crippen LogP contribution in [0.2, 0.25) is 5.02 Å². The second-order valence-electron chi connectivity index (χ2n) is 6.35. The summed E-state index contributed by atoms with van der Waals surface area (Å²) in [6, 6.07) is 21.8. The Balaban J connectivity index is 1.25. The van der Waals surface area contributed by atoms with E-state index in [2.05, 4.69) is 17.4 Å². The van der Waals surface area contributed by atoms with E-state index in [4.69, 9.17) is 25.8 Å². The standard InChI is InChI=1S/C22H20ClNO3/c23-19-3-1-2-18(10-19)14-25-20-7-4-16(5-8-20)12-24-13-17-6-9-21-22(11-17)27-15-26-21/h1-11,24H,12-15H2. The molecule has 3 aromatic rings. The van der Waals surface area contributed by atoms with Gasteiger partial charge in [0.05, 0.1) is 0 Å². The Morgan fingerprint density at radius 2 is 1.59 bits per heavy atom. The van der Waals surface area contributed by atoms with Crippen molar-refractivity contribution >= 4 is 11.6 Å². The average Bonchev–Trinajstić information content (AvgIpc) is 3.15. The van der Waals surface area contributed by atoms with Crippen molar-refractivity contribution < 1.29 is 14.2 Å². The summed E-state index contributed by atoms with van der Waals surface area (Å²) in [7, 11) is 0. The smallest absolute Gasteiger partial charge is 0.231 e. The Morgan fingerprint density at radius 3 is 2.44 bits per heavy atom. The number of rotatable bonds is 7. The number of benzene rings is 3. The number of hydrogen-bond donors (Lipinski definition) is 1. The van der Waals surface area contributed by atoms with E-state index in [1.807, 2.05) is 54.6 Å². The second kappa shape index (κ2) is 8.33. The quantitative estimate of drug-likeness (QED) is 0.629. The summed E-state index contributed by atoms with van der Waals surface area (Å²) in [4.78, 5) is 0. The summed E-state index contributed by atoms with van der Waals surface area (Å²) in [5.74, 6) is 2.47. The molecule has 0 radical (unpaired) electrons. The molecular formula is C22H20ClNO3. The van der Waals surface area contributed by atoms with Crippen LogP contribution in [0.4, 0.5) is 0 Å². The average molecular weight is 382 g/mol. The Hall–Kier alpha value is -2.69. The van der Waals surface area contributed by atoms with Crippen LogP contribution in [0.3, 0.4) is 0 Å². The van der Waals surface area contributed by atoms with Gasteiger partial charge in [0, 0.05) is 18.1 Å². The van der Waals surface area contributed by atoms with E-state index in [-0.39, 0.29) is 0 Å². The third-order valence-electron chi connectivity index (χ3n) is 4.31. The van der Waals surface area contributed by atoms with Crippen molar-refractivity contribution in [2.75, 3.05) is 6.79 Å². The van der Waals surface area contributed by atoms with Gasteiger partial charge in [-0.2, -0.15) is 0 Å². The zero-order chi connectivity index (χ0) is 18.5. The van der Waals surface area contributed by atoms with E-state index >= 15 is 0 Å². The highest BCUT2D eigenvalue weighted by molar-refractivity contribution is 6.30. The molecule has 1 heterocycles. The lowest BCUT2D eigenvalue weighted by Gasteiger charge is -2.09. The lowest BCUT2D eigenvalue weighted by Crippen LogP contribution is -2.12. The molecule has 138 valence electrons. The van der Waals surface area contributed by atoms with E-state index in [1.54, 1.807) is 0 Å². The number of nitrogens with one attached hydrogen (secondary N) is 1.